The van der Waals surface area contributed by atoms with E-state index >= 15 is 0 Å². The number of carbonyl (C=O) groups is 3. The second-order valence-corrected chi connectivity index (χ2v) is 6.74. The van der Waals surface area contributed by atoms with Crippen molar-refractivity contribution in [1.82, 2.24) is 14.6 Å². The maximum atomic E-state index is 12.2. The lowest BCUT2D eigenvalue weighted by atomic mass is 10.2. The molecule has 13 nitrogen and oxygen atoms in total. The number of hydrogen-bond donors (Lipinski definition) is 3. The average molecular weight is 452 g/mol. The number of aromatic nitrogens is 2. The highest BCUT2D eigenvalue weighted by atomic mass is 16.7. The molecule has 2 rings (SSSR count). The lowest BCUT2D eigenvalue weighted by Gasteiger charge is -2.17. The van der Waals surface area contributed by atoms with Gasteiger partial charge in [0.05, 0.1) is 31.8 Å². The summed E-state index contributed by atoms with van der Waals surface area (Å²) in [6, 6.07) is 0. The predicted octanol–water partition coefficient (Wildman–Crippen LogP) is -1.92. The summed E-state index contributed by atoms with van der Waals surface area (Å²) >= 11 is 0. The first-order valence-corrected chi connectivity index (χ1v) is 9.53. The van der Waals surface area contributed by atoms with Crippen molar-refractivity contribution in [2.24, 2.45) is 0 Å². The zero-order chi connectivity index (χ0) is 23.8. The van der Waals surface area contributed by atoms with Gasteiger partial charge >= 0.3 is 17.6 Å². The first kappa shape index (κ1) is 24.8. The summed E-state index contributed by atoms with van der Waals surface area (Å²) in [6.07, 6.45) is -1.80. The standard InChI is InChI=1S/C19H24N4O9/c1-11(25)32-23(15(27)5-6-17(28)30-2)7-3-4-12-9-22(19(29)21-18(12)20)16-8-13(26)14(10-24)31-16/h9,13-14,16,24,26H,5-8,10H2,1-2H3,(H2,20,21,29)/t13?,14-,16-/m1/s1. The quantitative estimate of drug-likeness (QED) is 0.248. The maximum absolute atomic E-state index is 12.2. The summed E-state index contributed by atoms with van der Waals surface area (Å²) in [6.45, 7) is 0.336. The second kappa shape index (κ2) is 11.2. The molecule has 1 amide bonds. The molecule has 174 valence electrons. The molecular weight excluding hydrogens is 428 g/mol. The number of nitrogens with two attached hydrogens (primary N) is 1. The molecular formula is C19H24N4O9. The summed E-state index contributed by atoms with van der Waals surface area (Å²) in [4.78, 5) is 55.4. The van der Waals surface area contributed by atoms with Crippen molar-refractivity contribution in [3.05, 3.63) is 22.2 Å². The Balaban J connectivity index is 2.18. The highest BCUT2D eigenvalue weighted by Crippen LogP contribution is 2.27. The van der Waals surface area contributed by atoms with Crippen LogP contribution in [0.1, 0.15) is 38.0 Å². The molecule has 0 aliphatic carbocycles. The third-order valence-corrected chi connectivity index (χ3v) is 4.41. The van der Waals surface area contributed by atoms with E-state index in [4.69, 9.17) is 15.3 Å². The van der Waals surface area contributed by atoms with Gasteiger partial charge in [0.25, 0.3) is 5.91 Å². The number of hydrogen-bond acceptors (Lipinski definition) is 11. The number of ether oxygens (including phenoxy) is 2. The number of esters is 1. The van der Waals surface area contributed by atoms with Crippen molar-refractivity contribution in [2.75, 3.05) is 26.0 Å². The van der Waals surface area contributed by atoms with E-state index in [-0.39, 0.29) is 37.2 Å². The van der Waals surface area contributed by atoms with Crippen LogP contribution in [-0.2, 0) is 28.7 Å². The number of nitrogen functional groups attached to an aromatic ring is 1. The van der Waals surface area contributed by atoms with Crippen molar-refractivity contribution < 1.29 is 38.9 Å². The Kier molecular flexibility index (Phi) is 8.71. The molecule has 1 aliphatic rings. The Morgan fingerprint density at radius 1 is 1.41 bits per heavy atom. The van der Waals surface area contributed by atoms with Gasteiger partial charge in [0.15, 0.2) is 0 Å². The molecule has 32 heavy (non-hydrogen) atoms. The molecule has 0 saturated carbocycles. The Morgan fingerprint density at radius 3 is 2.72 bits per heavy atom. The van der Waals surface area contributed by atoms with E-state index in [2.05, 4.69) is 21.6 Å². The van der Waals surface area contributed by atoms with Gasteiger partial charge in [-0.1, -0.05) is 11.8 Å². The first-order chi connectivity index (χ1) is 15.2. The fourth-order valence-electron chi connectivity index (χ4n) is 2.80. The lowest BCUT2D eigenvalue weighted by Crippen LogP contribution is -2.33. The minimum absolute atomic E-state index is 0.0541. The predicted molar refractivity (Wildman–Crippen MR) is 106 cm³/mol. The van der Waals surface area contributed by atoms with Crippen LogP contribution < -0.4 is 11.4 Å². The zero-order valence-corrected chi connectivity index (χ0v) is 17.5. The van der Waals surface area contributed by atoms with Crippen molar-refractivity contribution in [3.8, 4) is 11.8 Å². The molecule has 1 aromatic rings. The third-order valence-electron chi connectivity index (χ3n) is 4.41. The highest BCUT2D eigenvalue weighted by Gasteiger charge is 2.35. The van der Waals surface area contributed by atoms with E-state index < -0.39 is 48.6 Å². The summed E-state index contributed by atoms with van der Waals surface area (Å²) < 4.78 is 11.0. The summed E-state index contributed by atoms with van der Waals surface area (Å²) in [5.74, 6) is 3.02. The van der Waals surface area contributed by atoms with Gasteiger partial charge in [-0.05, 0) is 0 Å². The van der Waals surface area contributed by atoms with E-state index in [1.807, 2.05) is 0 Å². The van der Waals surface area contributed by atoms with E-state index in [9.17, 15) is 29.4 Å². The monoisotopic (exact) mass is 452 g/mol. The number of hydroxylamine groups is 2. The van der Waals surface area contributed by atoms with Crippen molar-refractivity contribution >= 4 is 23.7 Å². The molecule has 1 aliphatic heterocycles. The van der Waals surface area contributed by atoms with Gasteiger partial charge in [-0.3, -0.25) is 19.0 Å². The smallest absolute Gasteiger partial charge is 0.351 e. The molecule has 0 bridgehead atoms. The van der Waals surface area contributed by atoms with Crippen LogP contribution in [-0.4, -0.2) is 75.1 Å². The fraction of sp³-hybridized carbons (Fsp3) is 0.526. The number of anilines is 1. The van der Waals surface area contributed by atoms with Crippen LogP contribution in [0.4, 0.5) is 5.82 Å². The second-order valence-electron chi connectivity index (χ2n) is 6.74. The summed E-state index contributed by atoms with van der Waals surface area (Å²) in [5, 5.41) is 19.8. The van der Waals surface area contributed by atoms with Gasteiger partial charge in [-0.15, -0.1) is 0 Å². The van der Waals surface area contributed by atoms with Gasteiger partial charge in [0.1, 0.15) is 24.7 Å². The van der Waals surface area contributed by atoms with Gasteiger partial charge in [-0.25, -0.2) is 4.79 Å². The highest BCUT2D eigenvalue weighted by molar-refractivity contribution is 5.82. The Labute approximate surface area is 182 Å². The van der Waals surface area contributed by atoms with Gasteiger partial charge in [0.2, 0.25) is 0 Å². The third kappa shape index (κ3) is 6.51. The molecule has 1 unspecified atom stereocenters. The number of nitrogens with zero attached hydrogens (tertiary/aromatic N) is 3. The van der Waals surface area contributed by atoms with Crippen molar-refractivity contribution in [2.45, 2.75) is 44.6 Å². The largest absolute Gasteiger partial charge is 0.469 e. The van der Waals surface area contributed by atoms with Crippen LogP contribution in [0.15, 0.2) is 11.0 Å². The van der Waals surface area contributed by atoms with E-state index in [1.54, 1.807) is 0 Å². The van der Waals surface area contributed by atoms with Crippen molar-refractivity contribution in [3.63, 3.8) is 0 Å². The van der Waals surface area contributed by atoms with Gasteiger partial charge < -0.3 is 30.3 Å². The van der Waals surface area contributed by atoms with Crippen LogP contribution in [0.5, 0.6) is 0 Å². The number of carbonyl (C=O) groups excluding carboxylic acids is 3. The molecule has 3 atom stereocenters. The SMILES string of the molecule is COC(=O)CCC(=O)N(CC#Cc1cn([C@H]2CC(O)[C@@H](CO)O2)c(=O)nc1N)OC(C)=O. The molecule has 13 heteroatoms. The minimum atomic E-state index is -0.961. The number of methoxy groups -OCH3 is 1. The maximum Gasteiger partial charge on any atom is 0.351 e. The Hall–Kier alpha value is -3.47. The van der Waals surface area contributed by atoms with Crippen LogP contribution in [0.3, 0.4) is 0 Å². The molecule has 1 fully saturated rings. The van der Waals surface area contributed by atoms with E-state index in [0.717, 1.165) is 11.5 Å². The average Bonchev–Trinajstić information content (AvgIpc) is 3.12. The fourth-order valence-corrected chi connectivity index (χ4v) is 2.80. The minimum Gasteiger partial charge on any atom is -0.469 e. The molecule has 0 aromatic carbocycles. The number of aliphatic hydroxyl groups is 2. The Bertz CT molecular complexity index is 981. The summed E-state index contributed by atoms with van der Waals surface area (Å²) in [7, 11) is 1.18. The van der Waals surface area contributed by atoms with Crippen LogP contribution >= 0.6 is 0 Å². The van der Waals surface area contributed by atoms with Crippen molar-refractivity contribution in [1.29, 1.82) is 0 Å². The number of amides is 1. The van der Waals surface area contributed by atoms with Crippen LogP contribution in [0.25, 0.3) is 0 Å². The topological polar surface area (TPSA) is 184 Å². The molecule has 0 radical (unpaired) electrons. The number of aliphatic hydroxyl groups excluding tert-OH is 2. The number of rotatable bonds is 6. The van der Waals surface area contributed by atoms with E-state index in [1.165, 1.54) is 13.3 Å². The van der Waals surface area contributed by atoms with E-state index in [0.29, 0.717) is 5.06 Å². The molecule has 1 saturated heterocycles. The summed E-state index contributed by atoms with van der Waals surface area (Å²) in [5.41, 5.74) is 5.14. The van der Waals surface area contributed by atoms with Crippen LogP contribution in [0.2, 0.25) is 0 Å². The molecule has 2 heterocycles. The first-order valence-electron chi connectivity index (χ1n) is 9.53. The van der Waals surface area contributed by atoms with Crippen LogP contribution in [0, 0.1) is 11.8 Å². The molecule has 0 spiro atoms. The molecule has 1 aromatic heterocycles. The Morgan fingerprint density at radius 2 is 2.12 bits per heavy atom. The zero-order valence-electron chi connectivity index (χ0n) is 17.5. The van der Waals surface area contributed by atoms with Gasteiger partial charge in [0, 0.05) is 26.0 Å². The molecule has 4 N–H and O–H groups in total. The lowest BCUT2D eigenvalue weighted by molar-refractivity contribution is -0.194. The van der Waals surface area contributed by atoms with Gasteiger partial charge in [-0.2, -0.15) is 10.0 Å². The normalized spacial score (nSPS) is 19.6.